The van der Waals surface area contributed by atoms with E-state index in [0.29, 0.717) is 23.0 Å². The van der Waals surface area contributed by atoms with Crippen LogP contribution < -0.4 is 0 Å². The van der Waals surface area contributed by atoms with Crippen molar-refractivity contribution in [1.29, 1.82) is 0 Å². The number of aliphatic carboxylic acids is 1. The second-order valence-electron chi connectivity index (χ2n) is 4.87. The highest BCUT2D eigenvalue weighted by Gasteiger charge is 2.27. The number of benzene rings is 1. The lowest BCUT2D eigenvalue weighted by molar-refractivity contribution is -0.143. The Morgan fingerprint density at radius 3 is 2.58 bits per heavy atom. The molecule has 3 nitrogen and oxygen atoms in total. The van der Waals surface area contributed by atoms with Gasteiger partial charge >= 0.3 is 5.97 Å². The molecule has 1 aliphatic rings. The van der Waals surface area contributed by atoms with Gasteiger partial charge in [-0.05, 0) is 31.5 Å². The Morgan fingerprint density at radius 1 is 1.26 bits per heavy atom. The number of halogens is 2. The van der Waals surface area contributed by atoms with Gasteiger partial charge in [-0.15, -0.1) is 0 Å². The molecular weight excluding hydrogens is 285 g/mol. The van der Waals surface area contributed by atoms with Crippen LogP contribution in [0.2, 0.25) is 10.0 Å². The number of carboxylic acids is 1. The summed E-state index contributed by atoms with van der Waals surface area (Å²) in [6.45, 7) is 1.27. The molecule has 0 radical (unpaired) electrons. The average molecular weight is 302 g/mol. The Bertz CT molecular complexity index is 445. The third kappa shape index (κ3) is 3.62. The molecule has 1 atom stereocenters. The fourth-order valence-corrected chi connectivity index (χ4v) is 3.04. The Hall–Kier alpha value is -0.770. The SMILES string of the molecule is O=C(O)C1CCCCCN1Cc1c(Cl)cccc1Cl. The number of hydrogen-bond acceptors (Lipinski definition) is 2. The van der Waals surface area contributed by atoms with Crippen LogP contribution in [0, 0.1) is 0 Å². The van der Waals surface area contributed by atoms with E-state index in [-0.39, 0.29) is 0 Å². The van der Waals surface area contributed by atoms with E-state index in [1.165, 1.54) is 0 Å². The average Bonchev–Trinajstić information content (AvgIpc) is 2.59. The van der Waals surface area contributed by atoms with Crippen LogP contribution in [-0.2, 0) is 11.3 Å². The van der Waals surface area contributed by atoms with Gasteiger partial charge < -0.3 is 5.11 Å². The molecule has 1 fully saturated rings. The van der Waals surface area contributed by atoms with Crippen molar-refractivity contribution in [2.75, 3.05) is 6.54 Å². The molecule has 1 aliphatic heterocycles. The zero-order valence-corrected chi connectivity index (χ0v) is 12.1. The van der Waals surface area contributed by atoms with Gasteiger partial charge in [-0.2, -0.15) is 0 Å². The standard InChI is InChI=1S/C14H17Cl2NO2/c15-11-5-4-6-12(16)10(11)9-17-8-3-1-2-7-13(17)14(18)19/h4-6,13H,1-3,7-9H2,(H,18,19). The lowest BCUT2D eigenvalue weighted by Crippen LogP contribution is -2.40. The van der Waals surface area contributed by atoms with Crippen molar-refractivity contribution >= 4 is 29.2 Å². The fourth-order valence-electron chi connectivity index (χ4n) is 2.52. The van der Waals surface area contributed by atoms with Gasteiger partial charge in [0.05, 0.1) is 0 Å². The molecule has 104 valence electrons. The van der Waals surface area contributed by atoms with Gasteiger partial charge in [-0.3, -0.25) is 9.69 Å². The predicted molar refractivity (Wildman–Crippen MR) is 76.8 cm³/mol. The van der Waals surface area contributed by atoms with E-state index in [9.17, 15) is 9.90 Å². The molecule has 1 saturated heterocycles. The normalized spacial score (nSPS) is 21.1. The summed E-state index contributed by atoms with van der Waals surface area (Å²) >= 11 is 12.3. The largest absolute Gasteiger partial charge is 0.480 e. The van der Waals surface area contributed by atoms with Crippen LogP contribution in [0.3, 0.4) is 0 Å². The summed E-state index contributed by atoms with van der Waals surface area (Å²) < 4.78 is 0. The molecule has 1 aromatic rings. The molecule has 1 unspecified atom stereocenters. The van der Waals surface area contributed by atoms with Crippen LogP contribution in [0.4, 0.5) is 0 Å². The molecule has 2 rings (SSSR count). The molecule has 0 spiro atoms. The van der Waals surface area contributed by atoms with Crippen molar-refractivity contribution in [2.24, 2.45) is 0 Å². The number of carboxylic acid groups (broad SMARTS) is 1. The van der Waals surface area contributed by atoms with Crippen molar-refractivity contribution in [3.8, 4) is 0 Å². The highest BCUT2D eigenvalue weighted by atomic mass is 35.5. The van der Waals surface area contributed by atoms with Crippen LogP contribution in [0.5, 0.6) is 0 Å². The van der Waals surface area contributed by atoms with Gasteiger partial charge in [-0.25, -0.2) is 0 Å². The summed E-state index contributed by atoms with van der Waals surface area (Å²) in [6.07, 6.45) is 3.75. The number of carbonyl (C=O) groups is 1. The highest BCUT2D eigenvalue weighted by molar-refractivity contribution is 6.35. The van der Waals surface area contributed by atoms with E-state index in [2.05, 4.69) is 0 Å². The Kier molecular flexibility index (Phi) is 5.08. The third-order valence-corrected chi connectivity index (χ3v) is 4.28. The maximum Gasteiger partial charge on any atom is 0.320 e. The molecule has 0 aliphatic carbocycles. The number of hydrogen-bond donors (Lipinski definition) is 1. The highest BCUT2D eigenvalue weighted by Crippen LogP contribution is 2.28. The molecule has 0 bridgehead atoms. The minimum atomic E-state index is -0.759. The number of nitrogens with zero attached hydrogens (tertiary/aromatic N) is 1. The minimum absolute atomic E-state index is 0.435. The smallest absolute Gasteiger partial charge is 0.320 e. The number of likely N-dealkylation sites (tertiary alicyclic amines) is 1. The van der Waals surface area contributed by atoms with Gasteiger partial charge in [-0.1, -0.05) is 42.1 Å². The molecule has 1 heterocycles. The summed E-state index contributed by atoms with van der Waals surface area (Å²) in [5.74, 6) is -0.759. The summed E-state index contributed by atoms with van der Waals surface area (Å²) in [5, 5.41) is 10.5. The fraction of sp³-hybridized carbons (Fsp3) is 0.500. The van der Waals surface area contributed by atoms with Gasteiger partial charge in [0, 0.05) is 22.2 Å². The lowest BCUT2D eigenvalue weighted by atomic mass is 10.1. The van der Waals surface area contributed by atoms with Crippen LogP contribution in [0.15, 0.2) is 18.2 Å². The molecule has 5 heteroatoms. The van der Waals surface area contributed by atoms with Crippen LogP contribution >= 0.6 is 23.2 Å². The van der Waals surface area contributed by atoms with Crippen molar-refractivity contribution in [1.82, 2.24) is 4.90 Å². The second-order valence-corrected chi connectivity index (χ2v) is 5.69. The van der Waals surface area contributed by atoms with Crippen molar-refractivity contribution in [3.63, 3.8) is 0 Å². The van der Waals surface area contributed by atoms with E-state index in [0.717, 1.165) is 31.4 Å². The van der Waals surface area contributed by atoms with E-state index in [1.54, 1.807) is 18.2 Å². The Labute approximate surface area is 123 Å². The molecule has 19 heavy (non-hydrogen) atoms. The van der Waals surface area contributed by atoms with E-state index >= 15 is 0 Å². The topological polar surface area (TPSA) is 40.5 Å². The Morgan fingerprint density at radius 2 is 1.95 bits per heavy atom. The van der Waals surface area contributed by atoms with Gasteiger partial charge in [0.15, 0.2) is 0 Å². The second kappa shape index (κ2) is 6.60. The first-order chi connectivity index (χ1) is 9.09. The van der Waals surface area contributed by atoms with Crippen LogP contribution in [0.1, 0.15) is 31.2 Å². The summed E-state index contributed by atoms with van der Waals surface area (Å²) in [4.78, 5) is 13.3. The lowest BCUT2D eigenvalue weighted by Gasteiger charge is -2.27. The zero-order valence-electron chi connectivity index (χ0n) is 10.6. The molecule has 0 saturated carbocycles. The maximum atomic E-state index is 11.4. The first-order valence-electron chi connectivity index (χ1n) is 6.49. The Balaban J connectivity index is 2.21. The first kappa shape index (κ1) is 14.6. The quantitative estimate of drug-likeness (QED) is 0.922. The molecule has 1 N–H and O–H groups in total. The molecule has 0 aromatic heterocycles. The zero-order chi connectivity index (χ0) is 13.8. The maximum absolute atomic E-state index is 11.4. The monoisotopic (exact) mass is 301 g/mol. The van der Waals surface area contributed by atoms with E-state index in [1.807, 2.05) is 4.90 Å². The summed E-state index contributed by atoms with van der Waals surface area (Å²) in [5.41, 5.74) is 0.819. The van der Waals surface area contributed by atoms with Gasteiger partial charge in [0.1, 0.15) is 6.04 Å². The third-order valence-electron chi connectivity index (χ3n) is 3.57. The minimum Gasteiger partial charge on any atom is -0.480 e. The number of rotatable bonds is 3. The van der Waals surface area contributed by atoms with Crippen molar-refractivity contribution in [3.05, 3.63) is 33.8 Å². The van der Waals surface area contributed by atoms with Crippen molar-refractivity contribution < 1.29 is 9.90 Å². The van der Waals surface area contributed by atoms with E-state index < -0.39 is 12.0 Å². The summed E-state index contributed by atoms with van der Waals surface area (Å²) in [7, 11) is 0. The summed E-state index contributed by atoms with van der Waals surface area (Å²) in [6, 6.07) is 4.94. The molecular formula is C14H17Cl2NO2. The van der Waals surface area contributed by atoms with Gasteiger partial charge in [0.2, 0.25) is 0 Å². The first-order valence-corrected chi connectivity index (χ1v) is 7.25. The molecule has 0 amide bonds. The van der Waals surface area contributed by atoms with Crippen LogP contribution in [-0.4, -0.2) is 28.6 Å². The predicted octanol–water partition coefficient (Wildman–Crippen LogP) is 3.82. The van der Waals surface area contributed by atoms with Crippen LogP contribution in [0.25, 0.3) is 0 Å². The van der Waals surface area contributed by atoms with E-state index in [4.69, 9.17) is 23.2 Å². The van der Waals surface area contributed by atoms with Crippen molar-refractivity contribution in [2.45, 2.75) is 38.3 Å². The van der Waals surface area contributed by atoms with Gasteiger partial charge in [0.25, 0.3) is 0 Å². The molecule has 1 aromatic carbocycles.